The van der Waals surface area contributed by atoms with Gasteiger partial charge in [0.1, 0.15) is 16.1 Å². The number of nitro benzene ring substituents is 1. The molecule has 0 aliphatic rings. The Morgan fingerprint density at radius 3 is 2.56 bits per heavy atom. The Hall–Kier alpha value is -3.91. The highest BCUT2D eigenvalue weighted by molar-refractivity contribution is 7.90. The Bertz CT molecular complexity index is 1560. The molecule has 0 amide bonds. The number of nitro groups is 1. The molecule has 14 heteroatoms. The minimum atomic E-state index is -3.76. The molecular formula is C20H18N6O6S2. The lowest BCUT2D eigenvalue weighted by Gasteiger charge is -2.15. The fourth-order valence-corrected chi connectivity index (χ4v) is 4.85. The van der Waals surface area contributed by atoms with Crippen LogP contribution in [0.15, 0.2) is 52.3 Å². The predicted molar refractivity (Wildman–Crippen MR) is 126 cm³/mol. The van der Waals surface area contributed by atoms with Crippen molar-refractivity contribution < 1.29 is 18.1 Å². The lowest BCUT2D eigenvalue weighted by molar-refractivity contribution is -0.383. The Morgan fingerprint density at radius 1 is 1.24 bits per heavy atom. The summed E-state index contributed by atoms with van der Waals surface area (Å²) in [6.07, 6.45) is 2.63. The van der Waals surface area contributed by atoms with Crippen LogP contribution in [-0.4, -0.2) is 53.7 Å². The highest BCUT2D eigenvalue weighted by Gasteiger charge is 2.23. The van der Waals surface area contributed by atoms with Gasteiger partial charge in [0.05, 0.1) is 40.7 Å². The van der Waals surface area contributed by atoms with Gasteiger partial charge in [-0.1, -0.05) is 16.6 Å². The molecule has 0 radical (unpaired) electrons. The van der Waals surface area contributed by atoms with Crippen molar-refractivity contribution >= 4 is 42.1 Å². The number of ether oxygens (including phenoxy) is 1. The molecule has 0 saturated carbocycles. The van der Waals surface area contributed by atoms with Gasteiger partial charge in [-0.05, 0) is 30.3 Å². The predicted octanol–water partition coefficient (Wildman–Crippen LogP) is 2.19. The number of hydrogen-bond acceptors (Lipinski definition) is 11. The van der Waals surface area contributed by atoms with E-state index in [2.05, 4.69) is 15.3 Å². The molecule has 0 spiro atoms. The van der Waals surface area contributed by atoms with E-state index in [1.807, 2.05) is 12.1 Å². The molecule has 4 aromatic rings. The third kappa shape index (κ3) is 4.58. The van der Waals surface area contributed by atoms with Crippen LogP contribution in [0.3, 0.4) is 0 Å². The number of sulfone groups is 1. The van der Waals surface area contributed by atoms with Crippen LogP contribution in [0.4, 0.5) is 10.8 Å². The van der Waals surface area contributed by atoms with Crippen molar-refractivity contribution in [3.05, 3.63) is 68.8 Å². The first kappa shape index (κ1) is 23.3. The summed E-state index contributed by atoms with van der Waals surface area (Å²) in [6, 6.07) is 9.30. The number of fused-ring (bicyclic) bond motifs is 1. The second kappa shape index (κ2) is 8.79. The van der Waals surface area contributed by atoms with Gasteiger partial charge in [0.25, 0.3) is 11.2 Å². The molecule has 0 bridgehead atoms. The molecule has 0 atom stereocenters. The molecule has 2 aromatic heterocycles. The van der Waals surface area contributed by atoms with Gasteiger partial charge in [0.2, 0.25) is 0 Å². The highest BCUT2D eigenvalue weighted by atomic mass is 32.2. The summed E-state index contributed by atoms with van der Waals surface area (Å²) in [7, 11) is -0.524. The molecule has 0 aliphatic heterocycles. The number of benzene rings is 2. The number of hydrogen-bond donors (Lipinski definition) is 0. The average molecular weight is 503 g/mol. The fourth-order valence-electron chi connectivity index (χ4n) is 3.17. The lowest BCUT2D eigenvalue weighted by Crippen LogP contribution is -2.20. The van der Waals surface area contributed by atoms with Gasteiger partial charge in [-0.25, -0.2) is 13.1 Å². The largest absolute Gasteiger partial charge is 0.497 e. The van der Waals surface area contributed by atoms with Crippen molar-refractivity contribution in [3.63, 3.8) is 0 Å². The Kier molecular flexibility index (Phi) is 6.01. The number of aromatic nitrogens is 4. The summed E-state index contributed by atoms with van der Waals surface area (Å²) in [6.45, 7) is 0.222. The van der Waals surface area contributed by atoms with Crippen LogP contribution in [0.5, 0.6) is 5.75 Å². The normalized spacial score (nSPS) is 11.5. The highest BCUT2D eigenvalue weighted by Crippen LogP contribution is 2.34. The van der Waals surface area contributed by atoms with Gasteiger partial charge in [0.15, 0.2) is 15.0 Å². The SMILES string of the molecule is COc1ccc(-n2cc(CN(C)c3nc(=O)c4cc(S(C)(=O)=O)cc([N+](=O)[O-])c4s3)nn2)cc1. The van der Waals surface area contributed by atoms with E-state index in [0.717, 1.165) is 35.4 Å². The number of methoxy groups -OCH3 is 1. The van der Waals surface area contributed by atoms with E-state index in [1.165, 1.54) is 0 Å². The minimum absolute atomic E-state index is 0.0427. The maximum atomic E-state index is 12.7. The smallest absolute Gasteiger partial charge is 0.288 e. The van der Waals surface area contributed by atoms with Crippen LogP contribution in [0, 0.1) is 10.1 Å². The number of nitrogens with zero attached hydrogens (tertiary/aromatic N) is 6. The number of non-ortho nitro benzene ring substituents is 1. The van der Waals surface area contributed by atoms with E-state index in [4.69, 9.17) is 4.74 Å². The Balaban J connectivity index is 1.67. The molecule has 176 valence electrons. The van der Waals surface area contributed by atoms with Gasteiger partial charge in [-0.3, -0.25) is 14.9 Å². The molecular weight excluding hydrogens is 484 g/mol. The second-order valence-electron chi connectivity index (χ2n) is 7.36. The summed E-state index contributed by atoms with van der Waals surface area (Å²) >= 11 is 0.919. The second-order valence-corrected chi connectivity index (χ2v) is 10.4. The van der Waals surface area contributed by atoms with E-state index in [1.54, 1.807) is 42.1 Å². The van der Waals surface area contributed by atoms with Gasteiger partial charge >= 0.3 is 0 Å². The Morgan fingerprint density at radius 2 is 1.94 bits per heavy atom. The molecule has 0 aliphatic carbocycles. The summed E-state index contributed by atoms with van der Waals surface area (Å²) in [5.41, 5.74) is 0.114. The quantitative estimate of drug-likeness (QED) is 0.272. The first-order chi connectivity index (χ1) is 16.1. The number of anilines is 1. The van der Waals surface area contributed by atoms with Crippen molar-refractivity contribution in [1.29, 1.82) is 0 Å². The maximum Gasteiger partial charge on any atom is 0.288 e. The maximum absolute atomic E-state index is 12.7. The van der Waals surface area contributed by atoms with Crippen LogP contribution >= 0.6 is 11.3 Å². The van der Waals surface area contributed by atoms with Crippen LogP contribution in [0.1, 0.15) is 5.69 Å². The molecule has 0 fully saturated rings. The van der Waals surface area contributed by atoms with Gasteiger partial charge in [-0.15, -0.1) is 5.10 Å². The van der Waals surface area contributed by atoms with Crippen LogP contribution < -0.4 is 15.2 Å². The molecule has 34 heavy (non-hydrogen) atoms. The lowest BCUT2D eigenvalue weighted by atomic mass is 10.2. The summed E-state index contributed by atoms with van der Waals surface area (Å²) in [5, 5.41) is 19.9. The van der Waals surface area contributed by atoms with E-state index < -0.39 is 26.0 Å². The van der Waals surface area contributed by atoms with E-state index in [0.29, 0.717) is 11.4 Å². The molecule has 0 N–H and O–H groups in total. The summed E-state index contributed by atoms with van der Waals surface area (Å²) in [5.74, 6) is 0.707. The van der Waals surface area contributed by atoms with Crippen LogP contribution in [0.2, 0.25) is 0 Å². The van der Waals surface area contributed by atoms with Gasteiger partial charge < -0.3 is 9.64 Å². The fraction of sp³-hybridized carbons (Fsp3) is 0.200. The van der Waals surface area contributed by atoms with Crippen molar-refractivity contribution in [2.75, 3.05) is 25.3 Å². The van der Waals surface area contributed by atoms with E-state index in [9.17, 15) is 23.3 Å². The zero-order valence-corrected chi connectivity index (χ0v) is 19.8. The van der Waals surface area contributed by atoms with Crippen LogP contribution in [0.25, 0.3) is 15.8 Å². The van der Waals surface area contributed by atoms with Crippen molar-refractivity contribution in [1.82, 2.24) is 20.0 Å². The molecule has 2 heterocycles. The summed E-state index contributed by atoms with van der Waals surface area (Å²) in [4.78, 5) is 28.9. The molecule has 0 saturated heterocycles. The minimum Gasteiger partial charge on any atom is -0.497 e. The zero-order chi connectivity index (χ0) is 24.6. The van der Waals surface area contributed by atoms with E-state index >= 15 is 0 Å². The Labute approximate surface area is 197 Å². The van der Waals surface area contributed by atoms with Gasteiger partial charge in [0, 0.05) is 19.4 Å². The third-order valence-electron chi connectivity index (χ3n) is 4.89. The standard InChI is InChI=1S/C20H18N6O6S2/c1-24(10-12-11-25(23-22-12)13-4-6-14(32-2)7-5-13)20-21-19(27)16-8-15(34(3,30)31)9-17(26(28)29)18(16)33-20/h4-9,11H,10H2,1-3H3. The third-order valence-corrected chi connectivity index (χ3v) is 7.20. The first-order valence-corrected chi connectivity index (χ1v) is 12.4. The number of rotatable bonds is 7. The molecule has 4 rings (SSSR count). The van der Waals surface area contributed by atoms with Gasteiger partial charge in [-0.2, -0.15) is 4.98 Å². The first-order valence-electron chi connectivity index (χ1n) is 9.67. The average Bonchev–Trinajstić information content (AvgIpc) is 3.26. The molecule has 12 nitrogen and oxygen atoms in total. The molecule has 0 unspecified atom stereocenters. The van der Waals surface area contributed by atoms with Crippen molar-refractivity contribution in [3.8, 4) is 11.4 Å². The van der Waals surface area contributed by atoms with Crippen LogP contribution in [-0.2, 0) is 16.4 Å². The topological polar surface area (TPSA) is 150 Å². The van der Waals surface area contributed by atoms with E-state index in [-0.39, 0.29) is 26.7 Å². The molecule has 2 aromatic carbocycles. The zero-order valence-electron chi connectivity index (χ0n) is 18.2. The van der Waals surface area contributed by atoms with Crippen molar-refractivity contribution in [2.45, 2.75) is 11.4 Å². The van der Waals surface area contributed by atoms with Crippen molar-refractivity contribution in [2.24, 2.45) is 0 Å². The summed E-state index contributed by atoms with van der Waals surface area (Å²) < 4.78 is 30.6. The monoisotopic (exact) mass is 502 g/mol.